The second-order valence-corrected chi connectivity index (χ2v) is 3.51. The molecule has 88 valence electrons. The van der Waals surface area contributed by atoms with Gasteiger partial charge in [0.2, 0.25) is 5.95 Å². The van der Waals surface area contributed by atoms with Gasteiger partial charge in [-0.1, -0.05) is 0 Å². The van der Waals surface area contributed by atoms with Crippen molar-refractivity contribution in [3.8, 4) is 0 Å². The van der Waals surface area contributed by atoms with E-state index in [0.29, 0.717) is 0 Å². The van der Waals surface area contributed by atoms with Crippen molar-refractivity contribution in [2.75, 3.05) is 12.3 Å². The maximum absolute atomic E-state index is 10.8. The molecule has 0 spiro atoms. The van der Waals surface area contributed by atoms with Gasteiger partial charge in [0, 0.05) is 6.42 Å². The number of ether oxygens (including phenoxy) is 1. The molecule has 0 radical (unpaired) electrons. The van der Waals surface area contributed by atoms with E-state index in [9.17, 15) is 9.90 Å². The molecule has 3 atom stereocenters. The first-order valence-corrected chi connectivity index (χ1v) is 4.77. The average Bonchev–Trinajstić information content (AvgIpc) is 2.59. The molecule has 0 aromatic carbocycles. The number of nitrogens with two attached hydrogens (primary N) is 1. The van der Waals surface area contributed by atoms with Crippen LogP contribution in [0.15, 0.2) is 11.0 Å². The van der Waals surface area contributed by atoms with Gasteiger partial charge in [-0.15, -0.1) is 0 Å². The number of anilines is 1. The SMILES string of the molecule is Nc1nc(=O)cnn1[C@H]1C[C@H](O)[C@@H](CO)O1. The zero-order valence-electron chi connectivity index (χ0n) is 8.35. The van der Waals surface area contributed by atoms with E-state index in [1.165, 1.54) is 4.68 Å². The van der Waals surface area contributed by atoms with Crippen molar-refractivity contribution < 1.29 is 14.9 Å². The Hall–Kier alpha value is -1.51. The minimum atomic E-state index is -0.782. The summed E-state index contributed by atoms with van der Waals surface area (Å²) in [5.74, 6) is -0.0803. The lowest BCUT2D eigenvalue weighted by Gasteiger charge is -2.14. The summed E-state index contributed by atoms with van der Waals surface area (Å²) in [4.78, 5) is 14.3. The van der Waals surface area contributed by atoms with Gasteiger partial charge < -0.3 is 20.7 Å². The molecule has 0 unspecified atom stereocenters. The highest BCUT2D eigenvalue weighted by atomic mass is 16.5. The Kier molecular flexibility index (Phi) is 2.86. The maximum atomic E-state index is 10.8. The fourth-order valence-electron chi connectivity index (χ4n) is 1.61. The maximum Gasteiger partial charge on any atom is 0.293 e. The summed E-state index contributed by atoms with van der Waals surface area (Å²) in [6.45, 7) is -0.287. The molecule has 0 aliphatic carbocycles. The van der Waals surface area contributed by atoms with Gasteiger partial charge in [-0.05, 0) is 0 Å². The van der Waals surface area contributed by atoms with Gasteiger partial charge in [0.15, 0.2) is 6.23 Å². The van der Waals surface area contributed by atoms with E-state index in [1.54, 1.807) is 0 Å². The van der Waals surface area contributed by atoms with Crippen molar-refractivity contribution in [2.24, 2.45) is 0 Å². The molecule has 4 N–H and O–H groups in total. The van der Waals surface area contributed by atoms with Crippen molar-refractivity contribution in [1.82, 2.24) is 14.8 Å². The van der Waals surface area contributed by atoms with Crippen LogP contribution in [0.25, 0.3) is 0 Å². The van der Waals surface area contributed by atoms with Crippen LogP contribution in [-0.2, 0) is 4.74 Å². The van der Waals surface area contributed by atoms with Crippen molar-refractivity contribution in [3.63, 3.8) is 0 Å². The Morgan fingerprint density at radius 2 is 2.44 bits per heavy atom. The van der Waals surface area contributed by atoms with Crippen LogP contribution in [0.2, 0.25) is 0 Å². The fraction of sp³-hybridized carbons (Fsp3) is 0.625. The topological polar surface area (TPSA) is 123 Å². The van der Waals surface area contributed by atoms with E-state index in [1.807, 2.05) is 0 Å². The number of aliphatic hydroxyl groups is 2. The van der Waals surface area contributed by atoms with Crippen LogP contribution in [-0.4, -0.2) is 43.8 Å². The van der Waals surface area contributed by atoms with Gasteiger partial charge in [0.25, 0.3) is 5.56 Å². The summed E-state index contributed by atoms with van der Waals surface area (Å²) in [5, 5.41) is 22.2. The third-order valence-corrected chi connectivity index (χ3v) is 2.41. The summed E-state index contributed by atoms with van der Waals surface area (Å²) in [5.41, 5.74) is 4.96. The monoisotopic (exact) mass is 228 g/mol. The summed E-state index contributed by atoms with van der Waals surface area (Å²) in [7, 11) is 0. The van der Waals surface area contributed by atoms with Crippen LogP contribution < -0.4 is 11.3 Å². The van der Waals surface area contributed by atoms with Gasteiger partial charge in [0.05, 0.1) is 12.7 Å². The Bertz CT molecular complexity index is 434. The van der Waals surface area contributed by atoms with E-state index in [4.69, 9.17) is 15.6 Å². The average molecular weight is 228 g/mol. The highest BCUT2D eigenvalue weighted by molar-refractivity contribution is 5.13. The predicted octanol–water partition coefficient (Wildman–Crippen LogP) is -2.14. The first-order chi connectivity index (χ1) is 7.61. The third kappa shape index (κ3) is 1.90. The van der Waals surface area contributed by atoms with Gasteiger partial charge in [-0.2, -0.15) is 10.1 Å². The minimum absolute atomic E-state index is 0.0803. The van der Waals surface area contributed by atoms with E-state index in [2.05, 4.69) is 10.1 Å². The predicted molar refractivity (Wildman–Crippen MR) is 52.3 cm³/mol. The molecule has 2 rings (SSSR count). The van der Waals surface area contributed by atoms with Gasteiger partial charge >= 0.3 is 0 Å². The van der Waals surface area contributed by atoms with Crippen molar-refractivity contribution in [3.05, 3.63) is 16.6 Å². The zero-order chi connectivity index (χ0) is 11.7. The first kappa shape index (κ1) is 11.0. The highest BCUT2D eigenvalue weighted by Gasteiger charge is 2.35. The fourth-order valence-corrected chi connectivity index (χ4v) is 1.61. The van der Waals surface area contributed by atoms with Gasteiger partial charge in [0.1, 0.15) is 12.3 Å². The summed E-state index contributed by atoms with van der Waals surface area (Å²) in [6, 6.07) is 0. The van der Waals surface area contributed by atoms with Crippen LogP contribution in [0.5, 0.6) is 0 Å². The number of hydrogen-bond acceptors (Lipinski definition) is 7. The molecule has 8 nitrogen and oxygen atoms in total. The van der Waals surface area contributed by atoms with Crippen LogP contribution >= 0.6 is 0 Å². The van der Waals surface area contributed by atoms with Crippen molar-refractivity contribution >= 4 is 5.95 Å². The van der Waals surface area contributed by atoms with E-state index in [0.717, 1.165) is 6.20 Å². The second kappa shape index (κ2) is 4.16. The summed E-state index contributed by atoms with van der Waals surface area (Å²) < 4.78 is 6.52. The highest BCUT2D eigenvalue weighted by Crippen LogP contribution is 2.28. The molecular weight excluding hydrogens is 216 g/mol. The van der Waals surface area contributed by atoms with Crippen LogP contribution in [0.3, 0.4) is 0 Å². The molecule has 1 aliphatic rings. The standard InChI is InChI=1S/C8H12N4O4/c9-8-11-6(15)2-10-12(8)7-1-4(14)5(3-13)16-7/h2,4-5,7,13-14H,1,3H2,(H2,9,11,15)/t4-,5+,7+/m0/s1. The summed E-state index contributed by atoms with van der Waals surface area (Å²) >= 11 is 0. The second-order valence-electron chi connectivity index (χ2n) is 3.51. The van der Waals surface area contributed by atoms with Gasteiger partial charge in [-0.25, -0.2) is 4.68 Å². The molecule has 1 fully saturated rings. The van der Waals surface area contributed by atoms with Gasteiger partial charge in [-0.3, -0.25) is 4.79 Å². The summed E-state index contributed by atoms with van der Waals surface area (Å²) in [6.07, 6.45) is -0.799. The Balaban J connectivity index is 2.23. The largest absolute Gasteiger partial charge is 0.394 e. The Morgan fingerprint density at radius 1 is 1.69 bits per heavy atom. The normalized spacial score (nSPS) is 29.5. The quantitative estimate of drug-likeness (QED) is 0.527. The van der Waals surface area contributed by atoms with Crippen molar-refractivity contribution in [1.29, 1.82) is 0 Å². The Morgan fingerprint density at radius 3 is 3.00 bits per heavy atom. The molecule has 16 heavy (non-hydrogen) atoms. The molecule has 8 heteroatoms. The Labute approximate surface area is 90.3 Å². The van der Waals surface area contributed by atoms with E-state index >= 15 is 0 Å². The lowest BCUT2D eigenvalue weighted by atomic mass is 10.2. The van der Waals surface area contributed by atoms with Crippen LogP contribution in [0, 0.1) is 0 Å². The number of nitrogen functional groups attached to an aromatic ring is 1. The van der Waals surface area contributed by atoms with Crippen molar-refractivity contribution in [2.45, 2.75) is 24.9 Å². The molecule has 0 saturated carbocycles. The lowest BCUT2D eigenvalue weighted by molar-refractivity contribution is -0.0484. The number of aromatic nitrogens is 3. The smallest absolute Gasteiger partial charge is 0.293 e. The number of hydrogen-bond donors (Lipinski definition) is 3. The molecule has 1 aliphatic heterocycles. The number of aliphatic hydroxyl groups excluding tert-OH is 2. The molecule has 1 aromatic rings. The lowest BCUT2D eigenvalue weighted by Crippen LogP contribution is -2.25. The van der Waals surface area contributed by atoms with Crippen LogP contribution in [0.1, 0.15) is 12.6 Å². The number of nitrogens with zero attached hydrogens (tertiary/aromatic N) is 3. The number of rotatable bonds is 2. The van der Waals surface area contributed by atoms with E-state index < -0.39 is 24.0 Å². The molecule has 1 aromatic heterocycles. The zero-order valence-corrected chi connectivity index (χ0v) is 8.35. The minimum Gasteiger partial charge on any atom is -0.394 e. The molecular formula is C8H12N4O4. The molecule has 1 saturated heterocycles. The molecule has 0 amide bonds. The first-order valence-electron chi connectivity index (χ1n) is 4.77. The van der Waals surface area contributed by atoms with E-state index in [-0.39, 0.29) is 19.0 Å². The molecule has 0 bridgehead atoms. The molecule has 2 heterocycles. The van der Waals surface area contributed by atoms with Crippen LogP contribution in [0.4, 0.5) is 5.95 Å². The third-order valence-electron chi connectivity index (χ3n) is 2.41.